The van der Waals surface area contributed by atoms with Crippen LogP contribution in [0.2, 0.25) is 0 Å². The largest absolute Gasteiger partial charge is 0.336 e. The first-order valence-corrected chi connectivity index (χ1v) is 6.99. The molecule has 3 heteroatoms. The van der Waals surface area contributed by atoms with E-state index in [1.54, 1.807) is 0 Å². The van der Waals surface area contributed by atoms with Gasteiger partial charge in [0.1, 0.15) is 0 Å². The SMILES string of the molecule is Cc1ccccc1C(=O)N1CCN(C(C)(C)C)CC1. The van der Waals surface area contributed by atoms with E-state index in [0.29, 0.717) is 0 Å². The second kappa shape index (κ2) is 5.33. The molecule has 104 valence electrons. The fourth-order valence-electron chi connectivity index (χ4n) is 2.56. The smallest absolute Gasteiger partial charge is 0.254 e. The molecule has 0 atom stereocenters. The second-order valence-corrected chi connectivity index (χ2v) is 6.26. The van der Waals surface area contributed by atoms with Crippen LogP contribution in [-0.2, 0) is 0 Å². The molecule has 0 N–H and O–H groups in total. The highest BCUT2D eigenvalue weighted by atomic mass is 16.2. The maximum atomic E-state index is 12.5. The van der Waals surface area contributed by atoms with Crippen molar-refractivity contribution in [2.45, 2.75) is 33.2 Å². The number of benzene rings is 1. The van der Waals surface area contributed by atoms with Gasteiger partial charge in [0.15, 0.2) is 0 Å². The van der Waals surface area contributed by atoms with Crippen molar-refractivity contribution in [1.82, 2.24) is 9.80 Å². The summed E-state index contributed by atoms with van der Waals surface area (Å²) in [5.74, 6) is 0.173. The number of hydrogen-bond donors (Lipinski definition) is 0. The highest BCUT2D eigenvalue weighted by Crippen LogP contribution is 2.18. The number of carbonyl (C=O) groups is 1. The molecule has 0 saturated carbocycles. The third-order valence-corrected chi connectivity index (χ3v) is 3.89. The number of aryl methyl sites for hydroxylation is 1. The Morgan fingerprint density at radius 3 is 2.16 bits per heavy atom. The van der Waals surface area contributed by atoms with Gasteiger partial charge in [-0.1, -0.05) is 18.2 Å². The summed E-state index contributed by atoms with van der Waals surface area (Å²) in [6.45, 7) is 12.2. The fourth-order valence-corrected chi connectivity index (χ4v) is 2.56. The number of hydrogen-bond acceptors (Lipinski definition) is 2. The third kappa shape index (κ3) is 3.16. The van der Waals surface area contributed by atoms with Crippen LogP contribution in [-0.4, -0.2) is 47.4 Å². The first-order chi connectivity index (χ1) is 8.89. The van der Waals surface area contributed by atoms with Crippen LogP contribution in [0.5, 0.6) is 0 Å². The molecule has 1 aliphatic heterocycles. The van der Waals surface area contributed by atoms with Crippen LogP contribution in [0.15, 0.2) is 24.3 Å². The molecule has 1 saturated heterocycles. The van der Waals surface area contributed by atoms with Gasteiger partial charge in [-0.25, -0.2) is 0 Å². The van der Waals surface area contributed by atoms with Crippen molar-refractivity contribution in [3.05, 3.63) is 35.4 Å². The average Bonchev–Trinajstić information content (AvgIpc) is 2.38. The van der Waals surface area contributed by atoms with Crippen LogP contribution in [0.4, 0.5) is 0 Å². The van der Waals surface area contributed by atoms with Crippen LogP contribution in [0.1, 0.15) is 36.7 Å². The van der Waals surface area contributed by atoms with Gasteiger partial charge in [-0.2, -0.15) is 0 Å². The molecule has 1 aromatic carbocycles. The Bertz CT molecular complexity index is 454. The summed E-state index contributed by atoms with van der Waals surface area (Å²) in [6.07, 6.45) is 0. The zero-order valence-electron chi connectivity index (χ0n) is 12.4. The monoisotopic (exact) mass is 260 g/mol. The van der Waals surface area contributed by atoms with Gasteiger partial charge in [-0.15, -0.1) is 0 Å². The van der Waals surface area contributed by atoms with E-state index in [2.05, 4.69) is 25.7 Å². The molecule has 0 aromatic heterocycles. The molecule has 0 bridgehead atoms. The lowest BCUT2D eigenvalue weighted by Crippen LogP contribution is -2.54. The number of piperazine rings is 1. The normalized spacial score (nSPS) is 17.6. The molecule has 1 heterocycles. The van der Waals surface area contributed by atoms with Gasteiger partial charge in [0.25, 0.3) is 5.91 Å². The molecule has 0 radical (unpaired) electrons. The summed E-state index contributed by atoms with van der Waals surface area (Å²) in [7, 11) is 0. The molecule has 19 heavy (non-hydrogen) atoms. The Hall–Kier alpha value is -1.35. The topological polar surface area (TPSA) is 23.6 Å². The van der Waals surface area contributed by atoms with Gasteiger partial charge in [-0.05, 0) is 39.3 Å². The van der Waals surface area contributed by atoms with Gasteiger partial charge >= 0.3 is 0 Å². The van der Waals surface area contributed by atoms with E-state index in [9.17, 15) is 4.79 Å². The van der Waals surface area contributed by atoms with Gasteiger partial charge in [0.05, 0.1) is 0 Å². The molecule has 3 nitrogen and oxygen atoms in total. The van der Waals surface area contributed by atoms with E-state index in [4.69, 9.17) is 0 Å². The van der Waals surface area contributed by atoms with Crippen LogP contribution >= 0.6 is 0 Å². The summed E-state index contributed by atoms with van der Waals surface area (Å²) in [4.78, 5) is 16.9. The Morgan fingerprint density at radius 1 is 1.05 bits per heavy atom. The summed E-state index contributed by atoms with van der Waals surface area (Å²) < 4.78 is 0. The first-order valence-electron chi connectivity index (χ1n) is 6.99. The molecule has 1 aliphatic rings. The van der Waals surface area contributed by atoms with Crippen molar-refractivity contribution >= 4 is 5.91 Å². The van der Waals surface area contributed by atoms with E-state index in [1.165, 1.54) is 0 Å². The number of nitrogens with zero attached hydrogens (tertiary/aromatic N) is 2. The molecule has 0 spiro atoms. The molecule has 0 unspecified atom stereocenters. The lowest BCUT2D eigenvalue weighted by atomic mass is 10.0. The Balaban J connectivity index is 2.03. The zero-order valence-corrected chi connectivity index (χ0v) is 12.4. The maximum Gasteiger partial charge on any atom is 0.254 e. The van der Waals surface area contributed by atoms with Gasteiger partial charge in [0.2, 0.25) is 0 Å². The van der Waals surface area contributed by atoms with Gasteiger partial charge in [-0.3, -0.25) is 9.69 Å². The van der Waals surface area contributed by atoms with Crippen molar-refractivity contribution in [2.24, 2.45) is 0 Å². The Labute approximate surface area is 116 Å². The quantitative estimate of drug-likeness (QED) is 0.775. The van der Waals surface area contributed by atoms with Crippen molar-refractivity contribution in [3.8, 4) is 0 Å². The number of amides is 1. The van der Waals surface area contributed by atoms with Crippen molar-refractivity contribution < 1.29 is 4.79 Å². The summed E-state index contributed by atoms with van der Waals surface area (Å²) in [5, 5.41) is 0. The number of carbonyl (C=O) groups excluding carboxylic acids is 1. The fraction of sp³-hybridized carbons (Fsp3) is 0.562. The predicted octanol–water partition coefficient (Wildman–Crippen LogP) is 2.55. The molecule has 1 amide bonds. The van der Waals surface area contributed by atoms with E-state index < -0.39 is 0 Å². The van der Waals surface area contributed by atoms with Gasteiger partial charge < -0.3 is 4.90 Å². The predicted molar refractivity (Wildman–Crippen MR) is 78.4 cm³/mol. The van der Waals surface area contributed by atoms with Crippen molar-refractivity contribution in [1.29, 1.82) is 0 Å². The van der Waals surface area contributed by atoms with Crippen LogP contribution in [0.25, 0.3) is 0 Å². The lowest BCUT2D eigenvalue weighted by molar-refractivity contribution is 0.0450. The Morgan fingerprint density at radius 2 is 1.63 bits per heavy atom. The van der Waals surface area contributed by atoms with E-state index in [1.807, 2.05) is 36.1 Å². The Kier molecular flexibility index (Phi) is 3.95. The highest BCUT2D eigenvalue weighted by molar-refractivity contribution is 5.95. The van der Waals surface area contributed by atoms with Crippen molar-refractivity contribution in [3.63, 3.8) is 0 Å². The second-order valence-electron chi connectivity index (χ2n) is 6.26. The summed E-state index contributed by atoms with van der Waals surface area (Å²) in [5.41, 5.74) is 2.09. The standard InChI is InChI=1S/C16H24N2O/c1-13-7-5-6-8-14(13)15(19)17-9-11-18(12-10-17)16(2,3)4/h5-8H,9-12H2,1-4H3. The first kappa shape index (κ1) is 14.1. The molecule has 2 rings (SSSR count). The maximum absolute atomic E-state index is 12.5. The van der Waals surface area contributed by atoms with Crippen LogP contribution < -0.4 is 0 Å². The number of rotatable bonds is 1. The third-order valence-electron chi connectivity index (χ3n) is 3.89. The molecular weight excluding hydrogens is 236 g/mol. The minimum atomic E-state index is 0.173. The molecular formula is C16H24N2O. The van der Waals surface area contributed by atoms with Crippen LogP contribution in [0.3, 0.4) is 0 Å². The molecule has 1 fully saturated rings. The highest BCUT2D eigenvalue weighted by Gasteiger charge is 2.28. The minimum Gasteiger partial charge on any atom is -0.336 e. The summed E-state index contributed by atoms with van der Waals surface area (Å²) >= 11 is 0. The van der Waals surface area contributed by atoms with Crippen LogP contribution in [0, 0.1) is 6.92 Å². The zero-order chi connectivity index (χ0) is 14.0. The average molecular weight is 260 g/mol. The van der Waals surface area contributed by atoms with Gasteiger partial charge in [0, 0.05) is 37.3 Å². The van der Waals surface area contributed by atoms with E-state index in [-0.39, 0.29) is 11.4 Å². The van der Waals surface area contributed by atoms with Crippen molar-refractivity contribution in [2.75, 3.05) is 26.2 Å². The minimum absolute atomic E-state index is 0.173. The molecule has 0 aliphatic carbocycles. The summed E-state index contributed by atoms with van der Waals surface area (Å²) in [6, 6.07) is 7.84. The van der Waals surface area contributed by atoms with E-state index in [0.717, 1.165) is 37.3 Å². The molecule has 1 aromatic rings. The lowest BCUT2D eigenvalue weighted by Gasteiger charge is -2.42. The van der Waals surface area contributed by atoms with E-state index >= 15 is 0 Å².